The van der Waals surface area contributed by atoms with E-state index in [0.29, 0.717) is 6.04 Å². The highest BCUT2D eigenvalue weighted by atomic mass is 14.9. The van der Waals surface area contributed by atoms with Crippen LogP contribution >= 0.6 is 0 Å². The molecule has 0 aliphatic heterocycles. The van der Waals surface area contributed by atoms with Crippen molar-refractivity contribution in [1.82, 2.24) is 5.32 Å². The van der Waals surface area contributed by atoms with Gasteiger partial charge in [0.2, 0.25) is 0 Å². The third-order valence-corrected chi connectivity index (χ3v) is 4.07. The molecule has 0 amide bonds. The smallest absolute Gasteiger partial charge is 0.0348 e. The lowest BCUT2D eigenvalue weighted by atomic mass is 9.88. The van der Waals surface area contributed by atoms with Crippen molar-refractivity contribution in [1.29, 1.82) is 0 Å². The van der Waals surface area contributed by atoms with Crippen LogP contribution in [0, 0.1) is 5.92 Å². The van der Waals surface area contributed by atoms with Crippen LogP contribution in [0.15, 0.2) is 30.3 Å². The summed E-state index contributed by atoms with van der Waals surface area (Å²) in [5.74, 6) is 0.744. The minimum atomic E-state index is 0.526. The number of rotatable bonds is 10. The van der Waals surface area contributed by atoms with Crippen molar-refractivity contribution in [3.63, 3.8) is 0 Å². The minimum absolute atomic E-state index is 0.526. The topological polar surface area (TPSA) is 12.0 Å². The largest absolute Gasteiger partial charge is 0.310 e. The van der Waals surface area contributed by atoms with E-state index in [0.717, 1.165) is 12.5 Å². The van der Waals surface area contributed by atoms with Gasteiger partial charge >= 0.3 is 0 Å². The van der Waals surface area contributed by atoms with Crippen LogP contribution < -0.4 is 5.32 Å². The molecule has 1 aromatic carbocycles. The Balaban J connectivity index is 2.55. The van der Waals surface area contributed by atoms with Crippen molar-refractivity contribution in [2.75, 3.05) is 6.54 Å². The molecule has 1 N–H and O–H groups in total. The molecule has 19 heavy (non-hydrogen) atoms. The molecule has 1 heteroatoms. The van der Waals surface area contributed by atoms with Gasteiger partial charge in [-0.1, -0.05) is 83.2 Å². The van der Waals surface area contributed by atoms with E-state index in [1.54, 1.807) is 0 Å². The van der Waals surface area contributed by atoms with Gasteiger partial charge in [-0.15, -0.1) is 0 Å². The van der Waals surface area contributed by atoms with Gasteiger partial charge in [-0.3, -0.25) is 0 Å². The summed E-state index contributed by atoms with van der Waals surface area (Å²) >= 11 is 0. The second-order valence-corrected chi connectivity index (χ2v) is 5.48. The maximum Gasteiger partial charge on any atom is 0.0348 e. The van der Waals surface area contributed by atoms with E-state index in [1.165, 1.54) is 44.1 Å². The van der Waals surface area contributed by atoms with Gasteiger partial charge in [-0.2, -0.15) is 0 Å². The van der Waals surface area contributed by atoms with Gasteiger partial charge in [0.25, 0.3) is 0 Å². The molecule has 0 fully saturated rings. The van der Waals surface area contributed by atoms with E-state index in [4.69, 9.17) is 0 Å². The van der Waals surface area contributed by atoms with Crippen LogP contribution in [0.25, 0.3) is 0 Å². The summed E-state index contributed by atoms with van der Waals surface area (Å²) in [7, 11) is 0. The Kier molecular flexibility index (Phi) is 8.57. The Hall–Kier alpha value is -0.820. The van der Waals surface area contributed by atoms with Gasteiger partial charge in [0.15, 0.2) is 0 Å². The highest BCUT2D eigenvalue weighted by Gasteiger charge is 2.19. The van der Waals surface area contributed by atoms with Crippen molar-refractivity contribution < 1.29 is 0 Å². The van der Waals surface area contributed by atoms with Crippen LogP contribution in [0.5, 0.6) is 0 Å². The lowest BCUT2D eigenvalue weighted by molar-refractivity contribution is 0.338. The molecule has 1 nitrogen and oxygen atoms in total. The van der Waals surface area contributed by atoms with Crippen LogP contribution in [0.1, 0.15) is 70.9 Å². The summed E-state index contributed by atoms with van der Waals surface area (Å²) in [5, 5.41) is 3.80. The molecule has 1 rings (SSSR count). The predicted octanol–water partition coefficient (Wildman–Crippen LogP) is 5.33. The van der Waals surface area contributed by atoms with Crippen molar-refractivity contribution in [3.05, 3.63) is 35.9 Å². The first-order chi connectivity index (χ1) is 9.33. The molecule has 0 heterocycles. The molecule has 1 atom stereocenters. The summed E-state index contributed by atoms with van der Waals surface area (Å²) in [6, 6.07) is 11.5. The van der Waals surface area contributed by atoms with Gasteiger partial charge in [0, 0.05) is 6.04 Å². The van der Waals surface area contributed by atoms with E-state index in [2.05, 4.69) is 56.4 Å². The summed E-state index contributed by atoms with van der Waals surface area (Å²) in [5.41, 5.74) is 1.45. The van der Waals surface area contributed by atoms with Crippen LogP contribution in [0.3, 0.4) is 0 Å². The first-order valence-corrected chi connectivity index (χ1v) is 8.11. The second-order valence-electron chi connectivity index (χ2n) is 5.48. The summed E-state index contributed by atoms with van der Waals surface area (Å²) < 4.78 is 0. The monoisotopic (exact) mass is 261 g/mol. The summed E-state index contributed by atoms with van der Waals surface area (Å²) in [4.78, 5) is 0. The number of hydrogen-bond acceptors (Lipinski definition) is 1. The Bertz CT molecular complexity index is 303. The van der Waals surface area contributed by atoms with Crippen molar-refractivity contribution in [2.24, 2.45) is 5.92 Å². The maximum atomic E-state index is 3.80. The Labute approximate surface area is 119 Å². The van der Waals surface area contributed by atoms with Crippen molar-refractivity contribution >= 4 is 0 Å². The van der Waals surface area contributed by atoms with E-state index in [1.807, 2.05) is 0 Å². The summed E-state index contributed by atoms with van der Waals surface area (Å²) in [6.45, 7) is 8.03. The Morgan fingerprint density at radius 2 is 1.58 bits per heavy atom. The zero-order valence-electron chi connectivity index (χ0n) is 13.0. The van der Waals surface area contributed by atoms with Gasteiger partial charge < -0.3 is 5.32 Å². The lowest BCUT2D eigenvalue weighted by Gasteiger charge is -2.27. The minimum Gasteiger partial charge on any atom is -0.310 e. The number of unbranched alkanes of at least 4 members (excludes halogenated alkanes) is 3. The molecule has 0 saturated heterocycles. The quantitative estimate of drug-likeness (QED) is 0.561. The standard InChI is InChI=1S/C18H31N/c1-4-7-8-12-15-19-18(16(5-2)6-3)17-13-10-9-11-14-17/h9-11,13-14,16,18-19H,4-8,12,15H2,1-3H3. The molecule has 0 saturated carbocycles. The summed E-state index contributed by atoms with van der Waals surface area (Å²) in [6.07, 6.45) is 7.83. The molecule has 1 unspecified atom stereocenters. The van der Waals surface area contributed by atoms with Crippen LogP contribution in [0.2, 0.25) is 0 Å². The highest BCUT2D eigenvalue weighted by molar-refractivity contribution is 5.19. The van der Waals surface area contributed by atoms with Crippen LogP contribution in [-0.2, 0) is 0 Å². The van der Waals surface area contributed by atoms with Crippen LogP contribution in [-0.4, -0.2) is 6.54 Å². The third kappa shape index (κ3) is 5.78. The zero-order valence-corrected chi connectivity index (χ0v) is 13.0. The van der Waals surface area contributed by atoms with E-state index in [-0.39, 0.29) is 0 Å². The van der Waals surface area contributed by atoms with Crippen molar-refractivity contribution in [3.8, 4) is 0 Å². The molecule has 0 aliphatic rings. The fourth-order valence-electron chi connectivity index (χ4n) is 2.79. The predicted molar refractivity (Wildman–Crippen MR) is 85.4 cm³/mol. The van der Waals surface area contributed by atoms with Crippen LogP contribution in [0.4, 0.5) is 0 Å². The first-order valence-electron chi connectivity index (χ1n) is 8.11. The third-order valence-electron chi connectivity index (χ3n) is 4.07. The lowest BCUT2D eigenvalue weighted by Crippen LogP contribution is -2.28. The average molecular weight is 261 g/mol. The second kappa shape index (κ2) is 10.0. The number of benzene rings is 1. The van der Waals surface area contributed by atoms with Gasteiger partial charge in [0.05, 0.1) is 0 Å². The van der Waals surface area contributed by atoms with E-state index < -0.39 is 0 Å². The fourth-order valence-corrected chi connectivity index (χ4v) is 2.79. The van der Waals surface area contributed by atoms with E-state index in [9.17, 15) is 0 Å². The molecule has 0 spiro atoms. The molecule has 1 aromatic rings. The SMILES string of the molecule is CCCCCCNC(c1ccccc1)C(CC)CC. The van der Waals surface area contributed by atoms with Gasteiger partial charge in [-0.25, -0.2) is 0 Å². The molecular weight excluding hydrogens is 230 g/mol. The Morgan fingerprint density at radius 3 is 2.16 bits per heavy atom. The molecule has 108 valence electrons. The highest BCUT2D eigenvalue weighted by Crippen LogP contribution is 2.27. The van der Waals surface area contributed by atoms with Gasteiger partial charge in [-0.05, 0) is 24.4 Å². The number of hydrogen-bond donors (Lipinski definition) is 1. The normalized spacial score (nSPS) is 12.8. The van der Waals surface area contributed by atoms with Gasteiger partial charge in [0.1, 0.15) is 0 Å². The van der Waals surface area contributed by atoms with Crippen molar-refractivity contribution in [2.45, 2.75) is 65.3 Å². The zero-order chi connectivity index (χ0) is 13.9. The average Bonchev–Trinajstić information content (AvgIpc) is 2.47. The molecular formula is C18H31N. The molecule has 0 radical (unpaired) electrons. The van der Waals surface area contributed by atoms with E-state index >= 15 is 0 Å². The molecule has 0 aromatic heterocycles. The first kappa shape index (κ1) is 16.2. The number of nitrogens with one attached hydrogen (secondary N) is 1. The fraction of sp³-hybridized carbons (Fsp3) is 0.667. The maximum absolute atomic E-state index is 3.80. The molecule has 0 bridgehead atoms. The molecule has 0 aliphatic carbocycles. The Morgan fingerprint density at radius 1 is 0.895 bits per heavy atom.